The number of benzene rings is 1. The fourth-order valence-electron chi connectivity index (χ4n) is 1.92. The maximum atomic E-state index is 12.1. The zero-order valence-corrected chi connectivity index (χ0v) is 11.7. The number of hydrogen-bond acceptors (Lipinski definition) is 2. The maximum Gasteiger partial charge on any atom is 0.229 e. The molecule has 1 aliphatic rings. The molecule has 1 aromatic carbocycles. The minimum atomic E-state index is -0.138. The molecular formula is C13H15BrN2O2. The third-order valence-corrected chi connectivity index (χ3v) is 3.59. The van der Waals surface area contributed by atoms with Crippen molar-refractivity contribution in [2.45, 2.75) is 19.8 Å². The Bertz CT molecular complexity index is 478. The second-order valence-electron chi connectivity index (χ2n) is 4.49. The Morgan fingerprint density at radius 1 is 1.50 bits per heavy atom. The highest BCUT2D eigenvalue weighted by molar-refractivity contribution is 9.10. The molecule has 1 aliphatic heterocycles. The average molecular weight is 311 g/mol. The summed E-state index contributed by atoms with van der Waals surface area (Å²) in [6.07, 6.45) is 1.04. The summed E-state index contributed by atoms with van der Waals surface area (Å²) in [6.45, 7) is 2.38. The molecule has 18 heavy (non-hydrogen) atoms. The predicted octanol–water partition coefficient (Wildman–Crippen LogP) is 2.22. The Labute approximate surface area is 114 Å². The molecular weight excluding hydrogens is 296 g/mol. The van der Waals surface area contributed by atoms with Gasteiger partial charge in [-0.3, -0.25) is 9.59 Å². The second kappa shape index (κ2) is 5.52. The number of rotatable bonds is 2. The van der Waals surface area contributed by atoms with E-state index >= 15 is 0 Å². The van der Waals surface area contributed by atoms with Gasteiger partial charge in [0, 0.05) is 23.1 Å². The van der Waals surface area contributed by atoms with Gasteiger partial charge in [-0.1, -0.05) is 22.0 Å². The molecule has 96 valence electrons. The van der Waals surface area contributed by atoms with Crippen LogP contribution in [-0.2, 0) is 9.59 Å². The van der Waals surface area contributed by atoms with E-state index in [2.05, 4.69) is 26.6 Å². The summed E-state index contributed by atoms with van der Waals surface area (Å²) in [4.78, 5) is 23.1. The molecule has 2 amide bonds. The first-order chi connectivity index (χ1) is 8.56. The van der Waals surface area contributed by atoms with Crippen molar-refractivity contribution in [2.24, 2.45) is 5.92 Å². The number of nitrogens with one attached hydrogen (secondary N) is 2. The van der Waals surface area contributed by atoms with Crippen molar-refractivity contribution in [3.63, 3.8) is 0 Å². The number of piperidine rings is 1. The molecule has 0 aliphatic carbocycles. The van der Waals surface area contributed by atoms with Crippen LogP contribution >= 0.6 is 15.9 Å². The number of hydrogen-bond donors (Lipinski definition) is 2. The zero-order chi connectivity index (χ0) is 13.1. The molecule has 0 aromatic heterocycles. The fraction of sp³-hybridized carbons (Fsp3) is 0.385. The van der Waals surface area contributed by atoms with Gasteiger partial charge in [0.25, 0.3) is 0 Å². The van der Waals surface area contributed by atoms with Crippen molar-refractivity contribution in [1.82, 2.24) is 5.32 Å². The zero-order valence-electron chi connectivity index (χ0n) is 10.1. The van der Waals surface area contributed by atoms with Crippen LogP contribution in [0.25, 0.3) is 0 Å². The van der Waals surface area contributed by atoms with E-state index in [-0.39, 0.29) is 17.7 Å². The lowest BCUT2D eigenvalue weighted by Gasteiger charge is -2.22. The number of amides is 2. The van der Waals surface area contributed by atoms with Crippen molar-refractivity contribution >= 4 is 33.4 Å². The van der Waals surface area contributed by atoms with Gasteiger partial charge in [-0.15, -0.1) is 0 Å². The van der Waals surface area contributed by atoms with E-state index in [1.165, 1.54) is 0 Å². The Balaban J connectivity index is 2.02. The van der Waals surface area contributed by atoms with Crippen molar-refractivity contribution in [3.8, 4) is 0 Å². The molecule has 1 fully saturated rings. The van der Waals surface area contributed by atoms with E-state index in [9.17, 15) is 9.59 Å². The number of halogens is 1. The van der Waals surface area contributed by atoms with Crippen LogP contribution in [0.15, 0.2) is 22.7 Å². The van der Waals surface area contributed by atoms with Gasteiger partial charge < -0.3 is 10.6 Å². The van der Waals surface area contributed by atoms with Crippen LogP contribution in [0.2, 0.25) is 0 Å². The highest BCUT2D eigenvalue weighted by atomic mass is 79.9. The summed E-state index contributed by atoms with van der Waals surface area (Å²) < 4.78 is 0.931. The summed E-state index contributed by atoms with van der Waals surface area (Å²) in [5.74, 6) is -0.144. The molecule has 4 nitrogen and oxygen atoms in total. The standard InChI is InChI=1S/C13H15BrN2O2/c1-8-2-4-10(14)6-11(8)16-13(18)9-3-5-12(17)15-7-9/h2,4,6,9H,3,5,7H2,1H3,(H,15,17)(H,16,18). The second-order valence-corrected chi connectivity index (χ2v) is 5.40. The first-order valence-electron chi connectivity index (χ1n) is 5.90. The fourth-order valence-corrected chi connectivity index (χ4v) is 2.28. The van der Waals surface area contributed by atoms with E-state index in [0.717, 1.165) is 15.7 Å². The molecule has 0 bridgehead atoms. The average Bonchev–Trinajstić information content (AvgIpc) is 2.34. The van der Waals surface area contributed by atoms with Gasteiger partial charge in [0.2, 0.25) is 11.8 Å². The van der Waals surface area contributed by atoms with E-state index in [0.29, 0.717) is 19.4 Å². The van der Waals surface area contributed by atoms with Gasteiger partial charge in [-0.2, -0.15) is 0 Å². The number of aryl methyl sites for hydroxylation is 1. The monoisotopic (exact) mass is 310 g/mol. The van der Waals surface area contributed by atoms with E-state index in [1.807, 2.05) is 25.1 Å². The topological polar surface area (TPSA) is 58.2 Å². The van der Waals surface area contributed by atoms with Crippen LogP contribution in [0, 0.1) is 12.8 Å². The molecule has 2 N–H and O–H groups in total. The molecule has 0 spiro atoms. The largest absolute Gasteiger partial charge is 0.355 e. The maximum absolute atomic E-state index is 12.1. The summed E-state index contributed by atoms with van der Waals surface area (Å²) in [6, 6.07) is 5.77. The summed E-state index contributed by atoms with van der Waals surface area (Å²) in [5.41, 5.74) is 1.83. The SMILES string of the molecule is Cc1ccc(Br)cc1NC(=O)C1CCC(=O)NC1. The summed E-state index contributed by atoms with van der Waals surface area (Å²) in [5, 5.41) is 5.63. The minimum Gasteiger partial charge on any atom is -0.355 e. The quantitative estimate of drug-likeness (QED) is 0.880. The normalized spacial score (nSPS) is 19.2. The Kier molecular flexibility index (Phi) is 4.01. The molecule has 1 aromatic rings. The van der Waals surface area contributed by atoms with Crippen LogP contribution in [-0.4, -0.2) is 18.4 Å². The van der Waals surface area contributed by atoms with Gasteiger partial charge in [0.1, 0.15) is 0 Å². The highest BCUT2D eigenvalue weighted by Gasteiger charge is 2.24. The molecule has 5 heteroatoms. The van der Waals surface area contributed by atoms with Crippen LogP contribution < -0.4 is 10.6 Å². The van der Waals surface area contributed by atoms with Crippen LogP contribution in [0.3, 0.4) is 0 Å². The molecule has 1 heterocycles. The Morgan fingerprint density at radius 2 is 2.28 bits per heavy atom. The summed E-state index contributed by atoms with van der Waals surface area (Å²) in [7, 11) is 0. The summed E-state index contributed by atoms with van der Waals surface area (Å²) >= 11 is 3.38. The lowest BCUT2D eigenvalue weighted by molar-refractivity contribution is -0.126. The van der Waals surface area contributed by atoms with Gasteiger partial charge in [0.15, 0.2) is 0 Å². The lowest BCUT2D eigenvalue weighted by Crippen LogP contribution is -2.40. The third kappa shape index (κ3) is 3.10. The van der Waals surface area contributed by atoms with Crippen molar-refractivity contribution < 1.29 is 9.59 Å². The van der Waals surface area contributed by atoms with Gasteiger partial charge >= 0.3 is 0 Å². The van der Waals surface area contributed by atoms with Gasteiger partial charge in [0.05, 0.1) is 5.92 Å². The predicted molar refractivity (Wildman–Crippen MR) is 73.2 cm³/mol. The van der Waals surface area contributed by atoms with Crippen molar-refractivity contribution in [1.29, 1.82) is 0 Å². The molecule has 0 radical (unpaired) electrons. The molecule has 1 atom stereocenters. The van der Waals surface area contributed by atoms with Crippen molar-refractivity contribution in [3.05, 3.63) is 28.2 Å². The third-order valence-electron chi connectivity index (χ3n) is 3.09. The smallest absolute Gasteiger partial charge is 0.229 e. The Hall–Kier alpha value is -1.36. The minimum absolute atomic E-state index is 0.0256. The first kappa shape index (κ1) is 13.1. The van der Waals surface area contributed by atoms with E-state index in [1.54, 1.807) is 0 Å². The molecule has 1 saturated heterocycles. The van der Waals surface area contributed by atoms with Crippen molar-refractivity contribution in [2.75, 3.05) is 11.9 Å². The number of carbonyl (C=O) groups is 2. The van der Waals surface area contributed by atoms with E-state index in [4.69, 9.17) is 0 Å². The van der Waals surface area contributed by atoms with Crippen LogP contribution in [0.5, 0.6) is 0 Å². The molecule has 1 unspecified atom stereocenters. The van der Waals surface area contributed by atoms with Gasteiger partial charge in [-0.05, 0) is 31.0 Å². The highest BCUT2D eigenvalue weighted by Crippen LogP contribution is 2.22. The first-order valence-corrected chi connectivity index (χ1v) is 6.69. The Morgan fingerprint density at radius 3 is 2.94 bits per heavy atom. The molecule has 2 rings (SSSR count). The number of anilines is 1. The van der Waals surface area contributed by atoms with Gasteiger partial charge in [-0.25, -0.2) is 0 Å². The van der Waals surface area contributed by atoms with Crippen LogP contribution in [0.1, 0.15) is 18.4 Å². The van der Waals surface area contributed by atoms with Crippen LogP contribution in [0.4, 0.5) is 5.69 Å². The lowest BCUT2D eigenvalue weighted by atomic mass is 9.98. The molecule has 0 saturated carbocycles. The number of carbonyl (C=O) groups excluding carboxylic acids is 2. The van der Waals surface area contributed by atoms with E-state index < -0.39 is 0 Å².